The largest absolute Gasteiger partial charge is 0.482 e. The standard InChI is InChI=1S/C15H22ClNO3/c1-4-15(19,5-2)10-17-14(18)9-20-13-8-11(3)6-7-12(13)16/h6-8,19H,4-5,9-10H2,1-3H3,(H,17,18). The van der Waals surface area contributed by atoms with Gasteiger partial charge in [0.25, 0.3) is 5.91 Å². The summed E-state index contributed by atoms with van der Waals surface area (Å²) in [6.45, 7) is 5.81. The van der Waals surface area contributed by atoms with E-state index in [2.05, 4.69) is 5.32 Å². The highest BCUT2D eigenvalue weighted by Gasteiger charge is 2.22. The van der Waals surface area contributed by atoms with Gasteiger partial charge in [0, 0.05) is 6.54 Å². The smallest absolute Gasteiger partial charge is 0.258 e. The highest BCUT2D eigenvalue weighted by Crippen LogP contribution is 2.25. The summed E-state index contributed by atoms with van der Waals surface area (Å²) in [5.41, 5.74) is 0.160. The second-order valence-corrected chi connectivity index (χ2v) is 5.34. The van der Waals surface area contributed by atoms with Crippen LogP contribution in [-0.4, -0.2) is 29.8 Å². The summed E-state index contributed by atoms with van der Waals surface area (Å²) in [7, 11) is 0. The number of rotatable bonds is 7. The Balaban J connectivity index is 2.46. The number of carbonyl (C=O) groups is 1. The minimum Gasteiger partial charge on any atom is -0.482 e. The Labute approximate surface area is 125 Å². The van der Waals surface area contributed by atoms with Crippen molar-refractivity contribution >= 4 is 17.5 Å². The quantitative estimate of drug-likeness (QED) is 0.814. The van der Waals surface area contributed by atoms with Gasteiger partial charge in [0.1, 0.15) is 5.75 Å². The summed E-state index contributed by atoms with van der Waals surface area (Å²) in [6.07, 6.45) is 1.18. The fourth-order valence-corrected chi connectivity index (χ4v) is 1.85. The number of carbonyl (C=O) groups excluding carboxylic acids is 1. The Bertz CT molecular complexity index is 458. The van der Waals surface area contributed by atoms with E-state index < -0.39 is 5.60 Å². The van der Waals surface area contributed by atoms with Crippen molar-refractivity contribution in [3.63, 3.8) is 0 Å². The lowest BCUT2D eigenvalue weighted by atomic mass is 9.98. The molecule has 1 aromatic rings. The molecule has 0 heterocycles. The molecule has 1 amide bonds. The van der Waals surface area contributed by atoms with Crippen molar-refractivity contribution in [2.45, 2.75) is 39.2 Å². The zero-order valence-corrected chi connectivity index (χ0v) is 13.0. The molecule has 0 unspecified atom stereocenters. The van der Waals surface area contributed by atoms with Gasteiger partial charge >= 0.3 is 0 Å². The SMILES string of the molecule is CCC(O)(CC)CNC(=O)COc1cc(C)ccc1Cl. The van der Waals surface area contributed by atoms with Gasteiger partial charge in [-0.05, 0) is 37.5 Å². The highest BCUT2D eigenvalue weighted by molar-refractivity contribution is 6.32. The first-order valence-electron chi connectivity index (χ1n) is 6.78. The highest BCUT2D eigenvalue weighted by atomic mass is 35.5. The van der Waals surface area contributed by atoms with Gasteiger partial charge < -0.3 is 15.2 Å². The summed E-state index contributed by atoms with van der Waals surface area (Å²) < 4.78 is 5.39. The van der Waals surface area contributed by atoms with Gasteiger partial charge in [0.15, 0.2) is 6.61 Å². The number of benzene rings is 1. The Kier molecular flexibility index (Phi) is 6.30. The van der Waals surface area contributed by atoms with Gasteiger partial charge in [0.05, 0.1) is 10.6 Å². The monoisotopic (exact) mass is 299 g/mol. The zero-order valence-electron chi connectivity index (χ0n) is 12.2. The lowest BCUT2D eigenvalue weighted by Crippen LogP contribution is -2.43. The molecule has 1 rings (SSSR count). The predicted molar refractivity (Wildman–Crippen MR) is 80.2 cm³/mol. The Hall–Kier alpha value is -1.26. The van der Waals surface area contributed by atoms with Gasteiger partial charge in [-0.15, -0.1) is 0 Å². The van der Waals surface area contributed by atoms with Crippen molar-refractivity contribution in [3.8, 4) is 5.75 Å². The zero-order chi connectivity index (χ0) is 15.2. The van der Waals surface area contributed by atoms with Crippen LogP contribution in [-0.2, 0) is 4.79 Å². The fourth-order valence-electron chi connectivity index (χ4n) is 1.68. The maximum Gasteiger partial charge on any atom is 0.258 e. The summed E-state index contributed by atoms with van der Waals surface area (Å²) in [5, 5.41) is 13.2. The van der Waals surface area contributed by atoms with E-state index in [1.807, 2.05) is 26.8 Å². The summed E-state index contributed by atoms with van der Waals surface area (Å²) in [6, 6.07) is 5.39. The Morgan fingerprint density at radius 2 is 2.05 bits per heavy atom. The van der Waals surface area contributed by atoms with Gasteiger partial charge in [0.2, 0.25) is 0 Å². The molecule has 5 heteroatoms. The molecular weight excluding hydrogens is 278 g/mol. The Morgan fingerprint density at radius 3 is 2.65 bits per heavy atom. The molecule has 0 radical (unpaired) electrons. The predicted octanol–water partition coefficient (Wildman–Crippen LogP) is 2.69. The lowest BCUT2D eigenvalue weighted by Gasteiger charge is -2.25. The van der Waals surface area contributed by atoms with Crippen LogP contribution in [0, 0.1) is 6.92 Å². The van der Waals surface area contributed by atoms with Gasteiger partial charge in [-0.2, -0.15) is 0 Å². The number of nitrogens with one attached hydrogen (secondary N) is 1. The third kappa shape index (κ3) is 5.02. The molecule has 1 aromatic carbocycles. The van der Waals surface area contributed by atoms with E-state index in [4.69, 9.17) is 16.3 Å². The van der Waals surface area contributed by atoms with Crippen molar-refractivity contribution in [1.82, 2.24) is 5.32 Å². The molecule has 0 atom stereocenters. The maximum atomic E-state index is 11.7. The molecule has 4 nitrogen and oxygen atoms in total. The van der Waals surface area contributed by atoms with Crippen LogP contribution in [0.1, 0.15) is 32.3 Å². The average Bonchev–Trinajstić information content (AvgIpc) is 2.45. The molecule has 2 N–H and O–H groups in total. The summed E-state index contributed by atoms with van der Waals surface area (Å²) in [5.74, 6) is 0.214. The second-order valence-electron chi connectivity index (χ2n) is 4.93. The first-order valence-corrected chi connectivity index (χ1v) is 7.16. The lowest BCUT2D eigenvalue weighted by molar-refractivity contribution is -0.124. The van der Waals surface area contributed by atoms with E-state index >= 15 is 0 Å². The third-order valence-electron chi connectivity index (χ3n) is 3.38. The minimum atomic E-state index is -0.851. The average molecular weight is 300 g/mol. The van der Waals surface area contributed by atoms with Crippen LogP contribution in [0.15, 0.2) is 18.2 Å². The van der Waals surface area contributed by atoms with E-state index in [1.165, 1.54) is 0 Å². The van der Waals surface area contributed by atoms with Crippen molar-refractivity contribution in [2.75, 3.05) is 13.2 Å². The molecule has 0 aromatic heterocycles. The molecular formula is C15H22ClNO3. The molecule has 0 aliphatic carbocycles. The number of aliphatic hydroxyl groups is 1. The van der Waals surface area contributed by atoms with Crippen LogP contribution >= 0.6 is 11.6 Å². The second kappa shape index (κ2) is 7.50. The topological polar surface area (TPSA) is 58.6 Å². The third-order valence-corrected chi connectivity index (χ3v) is 3.69. The van der Waals surface area contributed by atoms with Crippen LogP contribution < -0.4 is 10.1 Å². The number of ether oxygens (including phenoxy) is 1. The van der Waals surface area contributed by atoms with Crippen molar-refractivity contribution < 1.29 is 14.6 Å². The van der Waals surface area contributed by atoms with E-state index in [9.17, 15) is 9.90 Å². The fraction of sp³-hybridized carbons (Fsp3) is 0.533. The number of halogens is 1. The van der Waals surface area contributed by atoms with Crippen LogP contribution in [0.25, 0.3) is 0 Å². The molecule has 0 saturated heterocycles. The molecule has 0 aliphatic rings. The van der Waals surface area contributed by atoms with Gasteiger partial charge in [-0.3, -0.25) is 4.79 Å². The molecule has 0 bridgehead atoms. The van der Waals surface area contributed by atoms with Crippen molar-refractivity contribution in [2.24, 2.45) is 0 Å². The number of amides is 1. The first-order chi connectivity index (χ1) is 9.40. The van der Waals surface area contributed by atoms with Crippen LogP contribution in [0.5, 0.6) is 5.75 Å². The molecule has 112 valence electrons. The van der Waals surface area contributed by atoms with Crippen LogP contribution in [0.2, 0.25) is 5.02 Å². The maximum absolute atomic E-state index is 11.7. The molecule has 20 heavy (non-hydrogen) atoms. The summed E-state index contributed by atoms with van der Waals surface area (Å²) in [4.78, 5) is 11.7. The van der Waals surface area contributed by atoms with Crippen molar-refractivity contribution in [1.29, 1.82) is 0 Å². The first kappa shape index (κ1) is 16.8. The van der Waals surface area contributed by atoms with Crippen LogP contribution in [0.3, 0.4) is 0 Å². The van der Waals surface area contributed by atoms with E-state index in [0.29, 0.717) is 23.6 Å². The summed E-state index contributed by atoms with van der Waals surface area (Å²) >= 11 is 5.98. The van der Waals surface area contributed by atoms with Gasteiger partial charge in [-0.1, -0.05) is 31.5 Å². The van der Waals surface area contributed by atoms with E-state index in [-0.39, 0.29) is 19.1 Å². The Morgan fingerprint density at radius 1 is 1.40 bits per heavy atom. The van der Waals surface area contributed by atoms with Gasteiger partial charge in [-0.25, -0.2) is 0 Å². The molecule has 0 fully saturated rings. The number of hydrogen-bond donors (Lipinski definition) is 2. The van der Waals surface area contributed by atoms with Crippen molar-refractivity contribution in [3.05, 3.63) is 28.8 Å². The van der Waals surface area contributed by atoms with E-state index in [0.717, 1.165) is 5.56 Å². The molecule has 0 saturated carbocycles. The van der Waals surface area contributed by atoms with E-state index in [1.54, 1.807) is 12.1 Å². The molecule has 0 aliphatic heterocycles. The normalized spacial score (nSPS) is 11.2. The van der Waals surface area contributed by atoms with Crippen LogP contribution in [0.4, 0.5) is 0 Å². The minimum absolute atomic E-state index is 0.118. The molecule has 0 spiro atoms. The number of hydrogen-bond acceptors (Lipinski definition) is 3. The number of aryl methyl sites for hydroxylation is 1.